The van der Waals surface area contributed by atoms with Gasteiger partial charge in [0.15, 0.2) is 0 Å². The van der Waals surface area contributed by atoms with E-state index < -0.39 is 17.6 Å². The third kappa shape index (κ3) is 4.13. The van der Waals surface area contributed by atoms with Gasteiger partial charge in [0.2, 0.25) is 0 Å². The first-order chi connectivity index (χ1) is 9.97. The van der Waals surface area contributed by atoms with Crippen molar-refractivity contribution in [2.45, 2.75) is 6.18 Å². The molecule has 2 aromatic rings. The number of halogens is 3. The number of benzene rings is 1. The van der Waals surface area contributed by atoms with Crippen LogP contribution in [-0.4, -0.2) is 17.1 Å². The Balaban J connectivity index is 1.99. The number of hydrogen-bond acceptors (Lipinski definition) is 3. The summed E-state index contributed by atoms with van der Waals surface area (Å²) in [5.41, 5.74) is 2.04. The van der Waals surface area contributed by atoms with Crippen molar-refractivity contribution in [3.8, 4) is 0 Å². The highest BCUT2D eigenvalue weighted by atomic mass is 19.4. The van der Waals surface area contributed by atoms with Gasteiger partial charge >= 0.3 is 6.18 Å². The molecule has 0 aliphatic rings. The van der Waals surface area contributed by atoms with E-state index in [1.165, 1.54) is 6.21 Å². The van der Waals surface area contributed by atoms with Gasteiger partial charge < -0.3 is 0 Å². The molecule has 1 heterocycles. The number of alkyl halides is 3. The Labute approximate surface area is 118 Å². The zero-order valence-electron chi connectivity index (χ0n) is 10.6. The predicted molar refractivity (Wildman–Crippen MR) is 70.7 cm³/mol. The van der Waals surface area contributed by atoms with Crippen molar-refractivity contribution < 1.29 is 18.0 Å². The number of carbonyl (C=O) groups is 1. The van der Waals surface area contributed by atoms with Crippen molar-refractivity contribution in [2.24, 2.45) is 5.10 Å². The molecule has 1 amide bonds. The minimum absolute atomic E-state index is 0.0844. The maximum Gasteiger partial charge on any atom is 0.416 e. The maximum atomic E-state index is 12.4. The highest BCUT2D eigenvalue weighted by molar-refractivity contribution is 5.94. The molecule has 0 spiro atoms. The molecule has 0 fully saturated rings. The van der Waals surface area contributed by atoms with Crippen molar-refractivity contribution in [3.05, 3.63) is 65.5 Å². The number of pyridine rings is 1. The number of nitrogens with one attached hydrogen (secondary N) is 1. The van der Waals surface area contributed by atoms with Crippen LogP contribution in [0.1, 0.15) is 21.6 Å². The lowest BCUT2D eigenvalue weighted by Crippen LogP contribution is -2.18. The summed E-state index contributed by atoms with van der Waals surface area (Å²) in [4.78, 5) is 15.6. The van der Waals surface area contributed by atoms with Crippen LogP contribution in [0.3, 0.4) is 0 Å². The molecule has 0 saturated heterocycles. The standard InChI is InChI=1S/C14H10F3N3O/c15-14(16,17)11-6-4-10(5-7-11)13(21)20-19-9-12-3-1-2-8-18-12/h1-9H,(H,20,21)/b19-9+. The number of nitrogens with zero attached hydrogens (tertiary/aromatic N) is 2. The van der Waals surface area contributed by atoms with E-state index in [2.05, 4.69) is 15.5 Å². The normalized spacial score (nSPS) is 11.6. The molecule has 4 nitrogen and oxygen atoms in total. The van der Waals surface area contributed by atoms with Gasteiger partial charge in [-0.2, -0.15) is 18.3 Å². The van der Waals surface area contributed by atoms with Crippen molar-refractivity contribution >= 4 is 12.1 Å². The summed E-state index contributed by atoms with van der Waals surface area (Å²) in [7, 11) is 0. The van der Waals surface area contributed by atoms with Gasteiger partial charge in [0, 0.05) is 11.8 Å². The summed E-state index contributed by atoms with van der Waals surface area (Å²) in [5, 5.41) is 3.68. The average molecular weight is 293 g/mol. The molecule has 108 valence electrons. The van der Waals surface area contributed by atoms with E-state index in [0.29, 0.717) is 5.69 Å². The van der Waals surface area contributed by atoms with Gasteiger partial charge in [-0.1, -0.05) is 6.07 Å². The number of hydrogen-bond donors (Lipinski definition) is 1. The zero-order valence-corrected chi connectivity index (χ0v) is 10.6. The molecule has 0 radical (unpaired) electrons. The highest BCUT2D eigenvalue weighted by Gasteiger charge is 2.30. The first-order valence-electron chi connectivity index (χ1n) is 5.88. The molecule has 0 atom stereocenters. The quantitative estimate of drug-likeness (QED) is 0.699. The number of rotatable bonds is 3. The second-order valence-electron chi connectivity index (χ2n) is 4.03. The van der Waals surface area contributed by atoms with E-state index >= 15 is 0 Å². The summed E-state index contributed by atoms with van der Waals surface area (Å²) in [6, 6.07) is 9.05. The van der Waals surface area contributed by atoms with Gasteiger partial charge in [0.25, 0.3) is 5.91 Å². The summed E-state index contributed by atoms with van der Waals surface area (Å²) < 4.78 is 37.1. The summed E-state index contributed by atoms with van der Waals surface area (Å²) in [6.45, 7) is 0. The van der Waals surface area contributed by atoms with Crippen LogP contribution in [0.4, 0.5) is 13.2 Å². The van der Waals surface area contributed by atoms with E-state index in [-0.39, 0.29) is 5.56 Å². The van der Waals surface area contributed by atoms with E-state index in [9.17, 15) is 18.0 Å². The van der Waals surface area contributed by atoms with Crippen LogP contribution in [0.25, 0.3) is 0 Å². The molecule has 0 bridgehead atoms. The van der Waals surface area contributed by atoms with Gasteiger partial charge in [-0.05, 0) is 36.4 Å². The Kier molecular flexibility index (Phi) is 4.32. The molecular formula is C14H10F3N3O. The lowest BCUT2D eigenvalue weighted by Gasteiger charge is -2.06. The van der Waals surface area contributed by atoms with Crippen LogP contribution < -0.4 is 5.43 Å². The summed E-state index contributed by atoms with van der Waals surface area (Å²) >= 11 is 0. The van der Waals surface area contributed by atoms with Crippen molar-refractivity contribution in [3.63, 3.8) is 0 Å². The lowest BCUT2D eigenvalue weighted by atomic mass is 10.1. The molecule has 0 aliphatic carbocycles. The second-order valence-corrected chi connectivity index (χ2v) is 4.03. The largest absolute Gasteiger partial charge is 0.416 e. The van der Waals surface area contributed by atoms with E-state index in [0.717, 1.165) is 24.3 Å². The third-order valence-electron chi connectivity index (χ3n) is 2.53. The Morgan fingerprint density at radius 2 is 1.86 bits per heavy atom. The Bertz CT molecular complexity index is 637. The first kappa shape index (κ1) is 14.7. The fourth-order valence-electron chi connectivity index (χ4n) is 1.48. The number of carbonyl (C=O) groups excluding carboxylic acids is 1. The molecular weight excluding hydrogens is 283 g/mol. The molecule has 1 N–H and O–H groups in total. The van der Waals surface area contributed by atoms with Crippen LogP contribution in [0, 0.1) is 0 Å². The smallest absolute Gasteiger partial charge is 0.267 e. The molecule has 2 rings (SSSR count). The molecule has 0 unspecified atom stereocenters. The minimum atomic E-state index is -4.42. The van der Waals surface area contributed by atoms with E-state index in [4.69, 9.17) is 0 Å². The van der Waals surface area contributed by atoms with E-state index in [1.807, 2.05) is 0 Å². The predicted octanol–water partition coefficient (Wildman–Crippen LogP) is 2.86. The fraction of sp³-hybridized carbons (Fsp3) is 0.0714. The number of amides is 1. The highest BCUT2D eigenvalue weighted by Crippen LogP contribution is 2.28. The van der Waals surface area contributed by atoms with Gasteiger partial charge in [0.05, 0.1) is 17.5 Å². The molecule has 21 heavy (non-hydrogen) atoms. The molecule has 1 aromatic carbocycles. The second kappa shape index (κ2) is 6.17. The number of aromatic nitrogens is 1. The van der Waals surface area contributed by atoms with Gasteiger partial charge in [-0.15, -0.1) is 0 Å². The van der Waals surface area contributed by atoms with Crippen molar-refractivity contribution in [1.82, 2.24) is 10.4 Å². The van der Waals surface area contributed by atoms with Crippen molar-refractivity contribution in [2.75, 3.05) is 0 Å². The van der Waals surface area contributed by atoms with Gasteiger partial charge in [-0.25, -0.2) is 5.43 Å². The van der Waals surface area contributed by atoms with Gasteiger partial charge in [-0.3, -0.25) is 9.78 Å². The molecule has 7 heteroatoms. The van der Waals surface area contributed by atoms with Crippen LogP contribution in [-0.2, 0) is 6.18 Å². The topological polar surface area (TPSA) is 54.4 Å². The summed E-state index contributed by atoms with van der Waals surface area (Å²) in [6.07, 6.45) is -1.52. The maximum absolute atomic E-state index is 12.4. The molecule has 1 aromatic heterocycles. The molecule has 0 saturated carbocycles. The Morgan fingerprint density at radius 3 is 2.43 bits per heavy atom. The SMILES string of the molecule is O=C(N/N=C/c1ccccn1)c1ccc(C(F)(F)F)cc1. The first-order valence-corrected chi connectivity index (χ1v) is 5.88. The Morgan fingerprint density at radius 1 is 1.14 bits per heavy atom. The third-order valence-corrected chi connectivity index (χ3v) is 2.53. The van der Waals surface area contributed by atoms with Crippen molar-refractivity contribution in [1.29, 1.82) is 0 Å². The monoisotopic (exact) mass is 293 g/mol. The molecule has 0 aliphatic heterocycles. The van der Waals surface area contributed by atoms with Gasteiger partial charge in [0.1, 0.15) is 0 Å². The fourth-order valence-corrected chi connectivity index (χ4v) is 1.48. The minimum Gasteiger partial charge on any atom is -0.267 e. The van der Waals surface area contributed by atoms with Crippen LogP contribution in [0.5, 0.6) is 0 Å². The lowest BCUT2D eigenvalue weighted by molar-refractivity contribution is -0.137. The zero-order chi connectivity index (χ0) is 15.3. The van der Waals surface area contributed by atoms with E-state index in [1.54, 1.807) is 24.4 Å². The van der Waals surface area contributed by atoms with Crippen LogP contribution in [0.15, 0.2) is 53.8 Å². The Hall–Kier alpha value is -2.70. The average Bonchev–Trinajstić information content (AvgIpc) is 2.47. The van der Waals surface area contributed by atoms with Crippen LogP contribution >= 0.6 is 0 Å². The van der Waals surface area contributed by atoms with Crippen LogP contribution in [0.2, 0.25) is 0 Å². The number of hydrazone groups is 1. The summed E-state index contributed by atoms with van der Waals surface area (Å²) in [5.74, 6) is -0.601.